The molecule has 1 rings (SSSR count). The van der Waals surface area contributed by atoms with Crippen molar-refractivity contribution < 1.29 is 13.9 Å². The Balaban J connectivity index is 2.96. The number of furan rings is 1. The summed E-state index contributed by atoms with van der Waals surface area (Å²) in [6.45, 7) is 12.0. The van der Waals surface area contributed by atoms with Crippen LogP contribution in [-0.4, -0.2) is 21.3 Å². The monoisotopic (exact) mass is 284 g/mol. The highest BCUT2D eigenvalue weighted by atomic mass is 28.3. The summed E-state index contributed by atoms with van der Waals surface area (Å²) >= 11 is 0. The molecule has 1 heterocycles. The second-order valence-corrected chi connectivity index (χ2v) is 9.96. The standard InChI is InChI=1S/C15H28O3Si/c1-6-16-15(17-7-2)13-11-12-14(18-13)19(8-3,9-4)10-5/h11-12,15H,6-10H2,1-5H3. The first-order valence-corrected chi connectivity index (χ1v) is 10.1. The Kier molecular flexibility index (Phi) is 6.83. The van der Waals surface area contributed by atoms with Gasteiger partial charge in [-0.05, 0) is 26.0 Å². The fraction of sp³-hybridized carbons (Fsp3) is 0.733. The zero-order valence-electron chi connectivity index (χ0n) is 13.0. The molecule has 1 aromatic rings. The molecule has 19 heavy (non-hydrogen) atoms. The maximum absolute atomic E-state index is 6.10. The van der Waals surface area contributed by atoms with Crippen molar-refractivity contribution in [3.63, 3.8) is 0 Å². The summed E-state index contributed by atoms with van der Waals surface area (Å²) in [4.78, 5) is 0. The summed E-state index contributed by atoms with van der Waals surface area (Å²) in [5, 5.41) is 1.19. The average molecular weight is 284 g/mol. The SMILES string of the molecule is CCOC(OCC)c1ccc([Si](CC)(CC)CC)o1. The van der Waals surface area contributed by atoms with Crippen LogP contribution < -0.4 is 5.38 Å². The van der Waals surface area contributed by atoms with Gasteiger partial charge >= 0.3 is 0 Å². The lowest BCUT2D eigenvalue weighted by Crippen LogP contribution is -2.44. The van der Waals surface area contributed by atoms with Gasteiger partial charge in [-0.3, -0.25) is 0 Å². The van der Waals surface area contributed by atoms with Crippen molar-refractivity contribution in [2.45, 2.75) is 59.0 Å². The van der Waals surface area contributed by atoms with Gasteiger partial charge < -0.3 is 13.9 Å². The van der Waals surface area contributed by atoms with Crippen LogP contribution in [0.15, 0.2) is 16.5 Å². The highest BCUT2D eigenvalue weighted by molar-refractivity contribution is 6.90. The van der Waals surface area contributed by atoms with Crippen LogP contribution in [-0.2, 0) is 9.47 Å². The van der Waals surface area contributed by atoms with Crippen LogP contribution in [0.4, 0.5) is 0 Å². The molecule has 0 bridgehead atoms. The number of ether oxygens (including phenoxy) is 2. The van der Waals surface area contributed by atoms with E-state index in [1.54, 1.807) is 0 Å². The first-order chi connectivity index (χ1) is 9.17. The van der Waals surface area contributed by atoms with Crippen molar-refractivity contribution in [2.75, 3.05) is 13.2 Å². The third-order valence-electron chi connectivity index (χ3n) is 4.05. The van der Waals surface area contributed by atoms with Gasteiger partial charge in [0.05, 0.1) is 5.38 Å². The normalized spacial score (nSPS) is 12.3. The minimum absolute atomic E-state index is 0.360. The van der Waals surface area contributed by atoms with E-state index < -0.39 is 8.07 Å². The first kappa shape index (κ1) is 16.5. The van der Waals surface area contributed by atoms with Crippen LogP contribution in [0, 0.1) is 0 Å². The van der Waals surface area contributed by atoms with Gasteiger partial charge in [0.25, 0.3) is 0 Å². The van der Waals surface area contributed by atoms with Crippen LogP contribution in [0.25, 0.3) is 0 Å². The molecule has 110 valence electrons. The lowest BCUT2D eigenvalue weighted by atomic mass is 10.4. The quantitative estimate of drug-likeness (QED) is 0.506. The third kappa shape index (κ3) is 3.71. The Morgan fingerprint density at radius 1 is 0.947 bits per heavy atom. The van der Waals surface area contributed by atoms with Crippen LogP contribution in [0.5, 0.6) is 0 Å². The molecule has 0 saturated heterocycles. The largest absolute Gasteiger partial charge is 0.466 e. The van der Waals surface area contributed by atoms with Gasteiger partial charge in [0.1, 0.15) is 8.07 Å². The zero-order valence-corrected chi connectivity index (χ0v) is 14.0. The van der Waals surface area contributed by atoms with Crippen LogP contribution >= 0.6 is 0 Å². The Morgan fingerprint density at radius 2 is 1.47 bits per heavy atom. The van der Waals surface area contributed by atoms with E-state index in [0.29, 0.717) is 13.2 Å². The molecule has 0 atom stereocenters. The predicted octanol–water partition coefficient (Wildman–Crippen LogP) is 4.07. The second-order valence-electron chi connectivity index (χ2n) is 4.79. The molecule has 0 saturated carbocycles. The van der Waals surface area contributed by atoms with E-state index in [9.17, 15) is 0 Å². The van der Waals surface area contributed by atoms with E-state index in [1.807, 2.05) is 19.9 Å². The minimum Gasteiger partial charge on any atom is -0.466 e. The molecular formula is C15H28O3Si. The van der Waals surface area contributed by atoms with E-state index >= 15 is 0 Å². The maximum Gasteiger partial charge on any atom is 0.217 e. The number of hydrogen-bond donors (Lipinski definition) is 0. The highest BCUT2D eigenvalue weighted by Gasteiger charge is 2.33. The molecule has 0 N–H and O–H groups in total. The minimum atomic E-state index is -1.44. The summed E-state index contributed by atoms with van der Waals surface area (Å²) in [6.07, 6.45) is -0.360. The summed E-state index contributed by atoms with van der Waals surface area (Å²) in [5.74, 6) is 0.811. The van der Waals surface area contributed by atoms with Gasteiger partial charge in [-0.15, -0.1) is 0 Å². The summed E-state index contributed by atoms with van der Waals surface area (Å²) in [5.41, 5.74) is 0. The third-order valence-corrected chi connectivity index (χ3v) is 9.42. The molecular weight excluding hydrogens is 256 g/mol. The van der Waals surface area contributed by atoms with Crippen molar-refractivity contribution in [1.29, 1.82) is 0 Å². The lowest BCUT2D eigenvalue weighted by molar-refractivity contribution is -0.150. The first-order valence-electron chi connectivity index (χ1n) is 7.50. The molecule has 0 amide bonds. The van der Waals surface area contributed by atoms with Crippen LogP contribution in [0.1, 0.15) is 46.7 Å². The topological polar surface area (TPSA) is 31.6 Å². The smallest absolute Gasteiger partial charge is 0.217 e. The molecule has 0 fully saturated rings. The van der Waals surface area contributed by atoms with Gasteiger partial charge in [-0.1, -0.05) is 38.9 Å². The summed E-state index contributed by atoms with van der Waals surface area (Å²) in [7, 11) is -1.44. The molecule has 0 aliphatic heterocycles. The fourth-order valence-corrected chi connectivity index (χ4v) is 5.87. The Bertz CT molecular complexity index is 344. The molecule has 3 nitrogen and oxygen atoms in total. The van der Waals surface area contributed by atoms with E-state index in [-0.39, 0.29) is 6.29 Å². The van der Waals surface area contributed by atoms with E-state index in [4.69, 9.17) is 13.9 Å². The fourth-order valence-electron chi connectivity index (χ4n) is 2.55. The summed E-state index contributed by atoms with van der Waals surface area (Å²) < 4.78 is 17.3. The Morgan fingerprint density at radius 3 is 1.89 bits per heavy atom. The predicted molar refractivity (Wildman–Crippen MR) is 81.5 cm³/mol. The lowest BCUT2D eigenvalue weighted by Gasteiger charge is -2.25. The summed E-state index contributed by atoms with van der Waals surface area (Å²) in [6, 6.07) is 7.83. The molecule has 0 aliphatic carbocycles. The maximum atomic E-state index is 6.10. The number of rotatable bonds is 9. The van der Waals surface area contributed by atoms with Crippen molar-refractivity contribution in [1.82, 2.24) is 0 Å². The van der Waals surface area contributed by atoms with Crippen LogP contribution in [0.2, 0.25) is 18.1 Å². The van der Waals surface area contributed by atoms with E-state index in [1.165, 1.54) is 23.5 Å². The van der Waals surface area contributed by atoms with Gasteiger partial charge in [0, 0.05) is 13.2 Å². The zero-order chi connectivity index (χ0) is 14.3. The van der Waals surface area contributed by atoms with E-state index in [2.05, 4.69) is 26.8 Å². The second kappa shape index (κ2) is 7.87. The molecule has 1 aromatic heterocycles. The Hall–Kier alpha value is -0.583. The van der Waals surface area contributed by atoms with Crippen molar-refractivity contribution in [2.24, 2.45) is 0 Å². The van der Waals surface area contributed by atoms with Crippen LogP contribution in [0.3, 0.4) is 0 Å². The highest BCUT2D eigenvalue weighted by Crippen LogP contribution is 2.24. The van der Waals surface area contributed by atoms with Gasteiger partial charge in [0.15, 0.2) is 5.76 Å². The Labute approximate surface area is 118 Å². The van der Waals surface area contributed by atoms with E-state index in [0.717, 1.165) is 5.76 Å². The van der Waals surface area contributed by atoms with Gasteiger partial charge in [0.2, 0.25) is 6.29 Å². The average Bonchev–Trinajstić information content (AvgIpc) is 2.91. The van der Waals surface area contributed by atoms with Gasteiger partial charge in [-0.2, -0.15) is 0 Å². The molecule has 0 aliphatic rings. The van der Waals surface area contributed by atoms with Crippen molar-refractivity contribution in [3.8, 4) is 0 Å². The number of hydrogen-bond acceptors (Lipinski definition) is 3. The molecule has 0 radical (unpaired) electrons. The molecule has 0 spiro atoms. The molecule has 0 aromatic carbocycles. The molecule has 4 heteroatoms. The van der Waals surface area contributed by atoms with Crippen molar-refractivity contribution in [3.05, 3.63) is 17.9 Å². The molecule has 0 unspecified atom stereocenters. The van der Waals surface area contributed by atoms with Gasteiger partial charge in [-0.25, -0.2) is 0 Å². The van der Waals surface area contributed by atoms with Crippen molar-refractivity contribution >= 4 is 13.5 Å².